The highest BCUT2D eigenvalue weighted by Crippen LogP contribution is 1.98. The van der Waals surface area contributed by atoms with Crippen LogP contribution < -0.4 is 0 Å². The van der Waals surface area contributed by atoms with E-state index >= 15 is 0 Å². The summed E-state index contributed by atoms with van der Waals surface area (Å²) in [7, 11) is 0. The van der Waals surface area contributed by atoms with E-state index in [1.807, 2.05) is 0 Å². The van der Waals surface area contributed by atoms with Crippen molar-refractivity contribution in [3.8, 4) is 0 Å². The van der Waals surface area contributed by atoms with Gasteiger partial charge in [0.25, 0.3) is 0 Å². The minimum Gasteiger partial charge on any atom is -0.502 e. The van der Waals surface area contributed by atoms with Crippen LogP contribution in [0.4, 0.5) is 0 Å². The van der Waals surface area contributed by atoms with E-state index in [0.29, 0.717) is 0 Å². The van der Waals surface area contributed by atoms with Crippen LogP contribution in [0.25, 0.3) is 0 Å². The number of hydrogen-bond donors (Lipinski definition) is 1. The third kappa shape index (κ3) is 0.559. The molecule has 0 aromatic carbocycles. The lowest BCUT2D eigenvalue weighted by Crippen LogP contribution is -1.96. The number of cyclic esters (lactones) is 1. The van der Waals surface area contributed by atoms with Gasteiger partial charge in [-0.3, -0.25) is 0 Å². The predicted molar refractivity (Wildman–Crippen MR) is 20.3 cm³/mol. The maximum absolute atomic E-state index is 10.0. The number of aliphatic hydroxyl groups excluding tert-OH is 1. The van der Waals surface area contributed by atoms with Crippen LogP contribution in [0.3, 0.4) is 0 Å². The molecule has 3 heteroatoms. The number of ether oxygens (including phenoxy) is 1. The maximum Gasteiger partial charge on any atom is 0.374 e. The van der Waals surface area contributed by atoms with Crippen molar-refractivity contribution in [2.75, 3.05) is 6.61 Å². The molecule has 1 aliphatic rings. The Hall–Kier alpha value is -0.990. The monoisotopic (exact) mass is 99.0 g/mol. The lowest BCUT2D eigenvalue weighted by atomic mass is 10.5. The topological polar surface area (TPSA) is 46.5 Å². The molecule has 0 aliphatic carbocycles. The Balaban J connectivity index is 2.72. The van der Waals surface area contributed by atoms with Crippen LogP contribution >= 0.6 is 0 Å². The molecule has 37 valence electrons. The number of esters is 1. The van der Waals surface area contributed by atoms with Crippen LogP contribution in [0, 0.1) is 6.08 Å². The van der Waals surface area contributed by atoms with Gasteiger partial charge in [0.05, 0.1) is 0 Å². The Kier molecular flexibility index (Phi) is 0.749. The van der Waals surface area contributed by atoms with Crippen molar-refractivity contribution in [2.24, 2.45) is 0 Å². The summed E-state index contributed by atoms with van der Waals surface area (Å²) in [6, 6.07) is 0. The summed E-state index contributed by atoms with van der Waals surface area (Å²) < 4.78 is 4.23. The molecule has 1 aliphatic heterocycles. The normalized spacial score (nSPS) is 18.9. The van der Waals surface area contributed by atoms with Crippen LogP contribution in [0.2, 0.25) is 0 Å². The number of carbonyl (C=O) groups is 1. The van der Waals surface area contributed by atoms with Gasteiger partial charge in [0, 0.05) is 6.08 Å². The van der Waals surface area contributed by atoms with E-state index in [9.17, 15) is 4.79 Å². The highest BCUT2D eigenvalue weighted by Gasteiger charge is 2.14. The number of hydrogen-bond acceptors (Lipinski definition) is 3. The second kappa shape index (κ2) is 1.26. The molecule has 0 saturated heterocycles. The molecule has 0 spiro atoms. The van der Waals surface area contributed by atoms with E-state index in [2.05, 4.69) is 10.8 Å². The molecular weight excluding hydrogens is 96.0 g/mol. The first-order valence-corrected chi connectivity index (χ1v) is 1.77. The Morgan fingerprint density at radius 3 is 2.71 bits per heavy atom. The molecule has 0 unspecified atom stereocenters. The molecule has 0 bridgehead atoms. The molecule has 0 aromatic heterocycles. The lowest BCUT2D eigenvalue weighted by Gasteiger charge is -1.84. The number of aliphatic hydroxyl groups is 1. The predicted octanol–water partition coefficient (Wildman–Crippen LogP) is -0.212. The van der Waals surface area contributed by atoms with Gasteiger partial charge in [0.1, 0.15) is 6.61 Å². The fraction of sp³-hybridized carbons (Fsp3) is 0.250. The molecule has 1 N–H and O–H groups in total. The molecular formula is C4H3O3. The second-order valence-corrected chi connectivity index (χ2v) is 1.10. The Morgan fingerprint density at radius 2 is 2.57 bits per heavy atom. The van der Waals surface area contributed by atoms with Gasteiger partial charge >= 0.3 is 5.97 Å². The Labute approximate surface area is 40.2 Å². The van der Waals surface area contributed by atoms with Gasteiger partial charge in [-0.1, -0.05) is 0 Å². The molecule has 0 aromatic rings. The first kappa shape index (κ1) is 4.18. The highest BCUT2D eigenvalue weighted by atomic mass is 16.6. The molecule has 0 fully saturated rings. The smallest absolute Gasteiger partial charge is 0.374 e. The fourth-order valence-corrected chi connectivity index (χ4v) is 0.311. The average Bonchev–Trinajstić information content (AvgIpc) is 1.91. The van der Waals surface area contributed by atoms with E-state index in [4.69, 9.17) is 5.11 Å². The van der Waals surface area contributed by atoms with Crippen LogP contribution in [0.5, 0.6) is 0 Å². The lowest BCUT2D eigenvalue weighted by molar-refractivity contribution is -0.138. The Bertz CT molecular complexity index is 125. The molecule has 0 saturated carbocycles. The molecule has 1 radical (unpaired) electrons. The minimum atomic E-state index is -0.681. The quantitative estimate of drug-likeness (QED) is 0.427. The van der Waals surface area contributed by atoms with Crippen LogP contribution in [0.1, 0.15) is 0 Å². The highest BCUT2D eigenvalue weighted by molar-refractivity contribution is 5.86. The standard InChI is InChI=1S/C4H3O3/c5-3-1-2-7-4(3)6/h5H,2H2. The zero-order chi connectivity index (χ0) is 5.28. The molecule has 1 heterocycles. The van der Waals surface area contributed by atoms with Gasteiger partial charge in [0.15, 0.2) is 0 Å². The summed E-state index contributed by atoms with van der Waals surface area (Å²) in [6.45, 7) is 0.0880. The summed E-state index contributed by atoms with van der Waals surface area (Å²) in [5, 5.41) is 8.33. The van der Waals surface area contributed by atoms with Crippen molar-refractivity contribution in [3.05, 3.63) is 11.8 Å². The molecule has 7 heavy (non-hydrogen) atoms. The van der Waals surface area contributed by atoms with Gasteiger partial charge in [-0.05, 0) is 0 Å². The van der Waals surface area contributed by atoms with E-state index < -0.39 is 11.7 Å². The van der Waals surface area contributed by atoms with E-state index in [-0.39, 0.29) is 6.61 Å². The van der Waals surface area contributed by atoms with Crippen molar-refractivity contribution in [1.29, 1.82) is 0 Å². The summed E-state index contributed by atoms with van der Waals surface area (Å²) in [5.41, 5.74) is 0. The molecule has 1 rings (SSSR count). The third-order valence-electron chi connectivity index (χ3n) is 0.636. The van der Waals surface area contributed by atoms with Crippen molar-refractivity contribution in [2.45, 2.75) is 0 Å². The first-order valence-electron chi connectivity index (χ1n) is 1.77. The zero-order valence-electron chi connectivity index (χ0n) is 3.47. The van der Waals surface area contributed by atoms with Crippen LogP contribution in [0.15, 0.2) is 5.76 Å². The van der Waals surface area contributed by atoms with E-state index in [1.165, 1.54) is 0 Å². The molecule has 3 nitrogen and oxygen atoms in total. The van der Waals surface area contributed by atoms with Gasteiger partial charge in [-0.2, -0.15) is 0 Å². The fourth-order valence-electron chi connectivity index (χ4n) is 0.311. The van der Waals surface area contributed by atoms with Gasteiger partial charge in [0.2, 0.25) is 5.76 Å². The van der Waals surface area contributed by atoms with Crippen molar-refractivity contribution in [3.63, 3.8) is 0 Å². The first-order chi connectivity index (χ1) is 3.30. The van der Waals surface area contributed by atoms with Gasteiger partial charge in [-0.25, -0.2) is 4.79 Å². The van der Waals surface area contributed by atoms with Gasteiger partial charge < -0.3 is 9.84 Å². The zero-order valence-corrected chi connectivity index (χ0v) is 3.47. The van der Waals surface area contributed by atoms with Crippen LogP contribution in [-0.4, -0.2) is 17.7 Å². The largest absolute Gasteiger partial charge is 0.502 e. The summed E-state index contributed by atoms with van der Waals surface area (Å²) >= 11 is 0. The van der Waals surface area contributed by atoms with Gasteiger partial charge in [-0.15, -0.1) is 0 Å². The second-order valence-electron chi connectivity index (χ2n) is 1.10. The van der Waals surface area contributed by atoms with Crippen molar-refractivity contribution >= 4 is 5.97 Å². The van der Waals surface area contributed by atoms with E-state index in [0.717, 1.165) is 0 Å². The van der Waals surface area contributed by atoms with E-state index in [1.54, 1.807) is 0 Å². The SMILES string of the molecule is O=C1OC[C]=C1O. The molecule has 0 atom stereocenters. The molecule has 0 amide bonds. The van der Waals surface area contributed by atoms with Crippen molar-refractivity contribution in [1.82, 2.24) is 0 Å². The average molecular weight is 99.1 g/mol. The third-order valence-corrected chi connectivity index (χ3v) is 0.636. The minimum absolute atomic E-state index is 0.0880. The number of carbonyl (C=O) groups excluding carboxylic acids is 1. The summed E-state index contributed by atoms with van der Waals surface area (Å²) in [4.78, 5) is 10.0. The summed E-state index contributed by atoms with van der Waals surface area (Å²) in [6.07, 6.45) is 2.27. The maximum atomic E-state index is 10.0. The number of rotatable bonds is 0. The Morgan fingerprint density at radius 1 is 1.86 bits per heavy atom. The van der Waals surface area contributed by atoms with Crippen LogP contribution in [-0.2, 0) is 9.53 Å². The summed E-state index contributed by atoms with van der Waals surface area (Å²) in [5.74, 6) is -1.08. The van der Waals surface area contributed by atoms with Crippen molar-refractivity contribution < 1.29 is 14.6 Å².